The minimum absolute atomic E-state index is 0.596. The van der Waals surface area contributed by atoms with Crippen molar-refractivity contribution in [3.8, 4) is 11.1 Å². The van der Waals surface area contributed by atoms with Crippen molar-refractivity contribution in [2.45, 2.75) is 0 Å². The summed E-state index contributed by atoms with van der Waals surface area (Å²) >= 11 is 0. The van der Waals surface area contributed by atoms with E-state index in [2.05, 4.69) is 0 Å². The molecule has 0 saturated heterocycles. The molecule has 0 aliphatic carbocycles. The first-order chi connectivity index (χ1) is 6.29. The Morgan fingerprint density at radius 2 is 1.92 bits per heavy atom. The summed E-state index contributed by atoms with van der Waals surface area (Å²) in [5.74, 6) is 0. The van der Waals surface area contributed by atoms with Crippen molar-refractivity contribution in [3.63, 3.8) is 0 Å². The molecule has 0 aliphatic heterocycles. The molecule has 0 radical (unpaired) electrons. The number of nitrogens with two attached hydrogens (primary N) is 2. The van der Waals surface area contributed by atoms with Crippen LogP contribution < -0.4 is 11.5 Å². The zero-order valence-corrected chi connectivity index (χ0v) is 7.03. The smallest absolute Gasteiger partial charge is 0.0981 e. The van der Waals surface area contributed by atoms with Crippen molar-refractivity contribution in [1.29, 1.82) is 0 Å². The van der Waals surface area contributed by atoms with Gasteiger partial charge in [-0.2, -0.15) is 0 Å². The maximum Gasteiger partial charge on any atom is 0.0981 e. The second kappa shape index (κ2) is 2.86. The molecule has 0 bridgehead atoms. The molecule has 0 saturated carbocycles. The highest BCUT2D eigenvalue weighted by Crippen LogP contribution is 2.29. The number of hydrogen-bond donors (Lipinski definition) is 2. The number of anilines is 2. The Kier molecular flexibility index (Phi) is 1.70. The topological polar surface area (TPSA) is 65.2 Å². The molecule has 1 aromatic heterocycles. The summed E-state index contributed by atoms with van der Waals surface area (Å²) in [6.07, 6.45) is 3.25. The lowest BCUT2D eigenvalue weighted by molar-refractivity contribution is 0.568. The van der Waals surface area contributed by atoms with Gasteiger partial charge in [-0.05, 0) is 12.1 Å². The Balaban J connectivity index is 2.59. The van der Waals surface area contributed by atoms with Gasteiger partial charge in [0.2, 0.25) is 0 Å². The second-order valence-corrected chi connectivity index (χ2v) is 2.82. The highest BCUT2D eigenvalue weighted by atomic mass is 16.3. The molecule has 0 unspecified atom stereocenters. The molecular weight excluding hydrogens is 164 g/mol. The third-order valence-electron chi connectivity index (χ3n) is 1.97. The molecule has 3 nitrogen and oxygen atoms in total. The van der Waals surface area contributed by atoms with Gasteiger partial charge in [0.15, 0.2) is 0 Å². The van der Waals surface area contributed by atoms with Crippen LogP contribution in [0.2, 0.25) is 0 Å². The van der Waals surface area contributed by atoms with E-state index in [-0.39, 0.29) is 0 Å². The van der Waals surface area contributed by atoms with E-state index in [1.807, 2.05) is 18.2 Å². The molecule has 0 aliphatic rings. The summed E-state index contributed by atoms with van der Waals surface area (Å²) in [6.45, 7) is 0. The van der Waals surface area contributed by atoms with Gasteiger partial charge in [0.1, 0.15) is 0 Å². The molecule has 0 amide bonds. The van der Waals surface area contributed by atoms with Gasteiger partial charge in [-0.15, -0.1) is 0 Å². The molecule has 66 valence electrons. The first-order valence-corrected chi connectivity index (χ1v) is 3.95. The summed E-state index contributed by atoms with van der Waals surface area (Å²) in [7, 11) is 0. The standard InChI is InChI=1S/C10H10N2O/c11-9-3-1-2-8(10(9)12)7-4-5-13-6-7/h1-6H,11-12H2. The van der Waals surface area contributed by atoms with Gasteiger partial charge in [0.05, 0.1) is 23.9 Å². The van der Waals surface area contributed by atoms with Gasteiger partial charge < -0.3 is 15.9 Å². The molecule has 4 N–H and O–H groups in total. The van der Waals surface area contributed by atoms with Gasteiger partial charge in [-0.3, -0.25) is 0 Å². The van der Waals surface area contributed by atoms with Crippen LogP contribution in [-0.4, -0.2) is 0 Å². The first kappa shape index (κ1) is 7.73. The first-order valence-electron chi connectivity index (χ1n) is 3.95. The number of rotatable bonds is 1. The van der Waals surface area contributed by atoms with Crippen LogP contribution in [0.4, 0.5) is 11.4 Å². The Morgan fingerprint density at radius 3 is 2.62 bits per heavy atom. The number of para-hydroxylation sites is 1. The molecule has 1 heterocycles. The minimum Gasteiger partial charge on any atom is -0.472 e. The minimum atomic E-state index is 0.596. The van der Waals surface area contributed by atoms with E-state index < -0.39 is 0 Å². The summed E-state index contributed by atoms with van der Waals surface area (Å²) in [6, 6.07) is 7.41. The third-order valence-corrected chi connectivity index (χ3v) is 1.97. The summed E-state index contributed by atoms with van der Waals surface area (Å²) < 4.78 is 4.97. The quantitative estimate of drug-likeness (QED) is 0.651. The average Bonchev–Trinajstić information content (AvgIpc) is 2.62. The Hall–Kier alpha value is -1.90. The Morgan fingerprint density at radius 1 is 1.08 bits per heavy atom. The van der Waals surface area contributed by atoms with Crippen LogP contribution in [0.1, 0.15) is 0 Å². The molecule has 0 atom stereocenters. The van der Waals surface area contributed by atoms with Crippen LogP contribution in [0.5, 0.6) is 0 Å². The Labute approximate surface area is 76.0 Å². The van der Waals surface area contributed by atoms with Crippen LogP contribution in [0.25, 0.3) is 11.1 Å². The van der Waals surface area contributed by atoms with Crippen LogP contribution in [0.3, 0.4) is 0 Å². The predicted octanol–water partition coefficient (Wildman–Crippen LogP) is 2.11. The van der Waals surface area contributed by atoms with E-state index in [0.717, 1.165) is 11.1 Å². The summed E-state index contributed by atoms with van der Waals surface area (Å²) in [5.41, 5.74) is 14.5. The molecule has 3 heteroatoms. The van der Waals surface area contributed by atoms with Crippen LogP contribution in [0.15, 0.2) is 41.2 Å². The third kappa shape index (κ3) is 1.24. The predicted molar refractivity (Wildman–Crippen MR) is 53.0 cm³/mol. The largest absolute Gasteiger partial charge is 0.472 e. The molecule has 0 fully saturated rings. The van der Waals surface area contributed by atoms with Crippen molar-refractivity contribution in [1.82, 2.24) is 0 Å². The van der Waals surface area contributed by atoms with E-state index in [0.29, 0.717) is 11.4 Å². The van der Waals surface area contributed by atoms with E-state index in [9.17, 15) is 0 Å². The summed E-state index contributed by atoms with van der Waals surface area (Å²) in [5, 5.41) is 0. The Bertz CT molecular complexity index is 407. The summed E-state index contributed by atoms with van der Waals surface area (Å²) in [4.78, 5) is 0. The van der Waals surface area contributed by atoms with Crippen molar-refractivity contribution in [2.75, 3.05) is 11.5 Å². The second-order valence-electron chi connectivity index (χ2n) is 2.82. The van der Waals surface area contributed by atoms with Crippen molar-refractivity contribution >= 4 is 11.4 Å². The van der Waals surface area contributed by atoms with Gasteiger partial charge in [-0.25, -0.2) is 0 Å². The van der Waals surface area contributed by atoms with Crippen molar-refractivity contribution in [3.05, 3.63) is 36.8 Å². The van der Waals surface area contributed by atoms with Gasteiger partial charge in [0, 0.05) is 11.1 Å². The van der Waals surface area contributed by atoms with Crippen LogP contribution in [0, 0.1) is 0 Å². The monoisotopic (exact) mass is 174 g/mol. The fourth-order valence-electron chi connectivity index (χ4n) is 1.25. The lowest BCUT2D eigenvalue weighted by Crippen LogP contribution is -1.95. The van der Waals surface area contributed by atoms with Gasteiger partial charge in [0.25, 0.3) is 0 Å². The average molecular weight is 174 g/mol. The molecule has 1 aromatic carbocycles. The number of furan rings is 1. The lowest BCUT2D eigenvalue weighted by atomic mass is 10.1. The molecular formula is C10H10N2O. The van der Waals surface area contributed by atoms with E-state index in [1.165, 1.54) is 0 Å². The molecule has 2 rings (SSSR count). The van der Waals surface area contributed by atoms with Crippen LogP contribution in [-0.2, 0) is 0 Å². The fraction of sp³-hybridized carbons (Fsp3) is 0. The zero-order chi connectivity index (χ0) is 9.26. The van der Waals surface area contributed by atoms with E-state index in [4.69, 9.17) is 15.9 Å². The van der Waals surface area contributed by atoms with Gasteiger partial charge >= 0.3 is 0 Å². The molecule has 0 spiro atoms. The van der Waals surface area contributed by atoms with E-state index >= 15 is 0 Å². The maximum absolute atomic E-state index is 5.81. The number of hydrogen-bond acceptors (Lipinski definition) is 3. The van der Waals surface area contributed by atoms with Gasteiger partial charge in [-0.1, -0.05) is 12.1 Å². The molecule has 2 aromatic rings. The number of nitrogen functional groups attached to an aromatic ring is 2. The van der Waals surface area contributed by atoms with Crippen molar-refractivity contribution in [2.24, 2.45) is 0 Å². The normalized spacial score (nSPS) is 10.2. The zero-order valence-electron chi connectivity index (χ0n) is 7.03. The van der Waals surface area contributed by atoms with E-state index in [1.54, 1.807) is 18.6 Å². The SMILES string of the molecule is Nc1cccc(-c2ccoc2)c1N. The highest BCUT2D eigenvalue weighted by molar-refractivity contribution is 5.83. The maximum atomic E-state index is 5.81. The lowest BCUT2D eigenvalue weighted by Gasteiger charge is -2.04. The molecule has 13 heavy (non-hydrogen) atoms. The van der Waals surface area contributed by atoms with Crippen LogP contribution >= 0.6 is 0 Å². The highest BCUT2D eigenvalue weighted by Gasteiger charge is 2.04. The van der Waals surface area contributed by atoms with Crippen molar-refractivity contribution < 1.29 is 4.42 Å². The fourth-order valence-corrected chi connectivity index (χ4v) is 1.25. The number of benzene rings is 1.